The first-order chi connectivity index (χ1) is 28.9. The molecule has 0 radical (unpaired) electrons. The lowest BCUT2D eigenvalue weighted by Crippen LogP contribution is -2.65. The Balaban J connectivity index is 2.91. The molecule has 1 amide bonds. The average Bonchev–Trinajstić information content (AvgIpc) is 3.20. The Kier molecular flexibility index (Phi) is 35.4. The summed E-state index contributed by atoms with van der Waals surface area (Å²) >= 11 is 0. The largest absolute Gasteiger partial charge is 0.470 e. The maximum Gasteiger partial charge on any atom is 0.470 e. The number of rotatable bonds is 41. The third-order valence-corrected chi connectivity index (χ3v) is 12.7. The number of aliphatic hydroxyl groups excluding tert-OH is 3. The summed E-state index contributed by atoms with van der Waals surface area (Å²) in [5.74, 6) is -1.26. The van der Waals surface area contributed by atoms with Gasteiger partial charge in [-0.2, -0.15) is 0 Å². The number of unbranched alkanes of at least 4 members (excludes halogenated alkanes) is 26. The predicted molar refractivity (Wildman–Crippen MR) is 240 cm³/mol. The lowest BCUT2D eigenvalue weighted by Gasteiger charge is -2.43. The van der Waals surface area contributed by atoms with E-state index in [9.17, 15) is 39.3 Å². The number of ether oxygens (including phenoxy) is 2. The van der Waals surface area contributed by atoms with Gasteiger partial charge in [-0.1, -0.05) is 207 Å². The van der Waals surface area contributed by atoms with Crippen molar-refractivity contribution in [3.05, 3.63) is 0 Å². The minimum atomic E-state index is -5.21. The second-order valence-corrected chi connectivity index (χ2v) is 19.0. The molecule has 0 aromatic rings. The summed E-state index contributed by atoms with van der Waals surface area (Å²) in [7, 11) is -5.21. The smallest absolute Gasteiger partial charge is 0.457 e. The molecular formula is C47H92NO11P. The third-order valence-electron chi connectivity index (χ3n) is 12.1. The zero-order valence-corrected chi connectivity index (χ0v) is 39.3. The van der Waals surface area contributed by atoms with E-state index in [-0.39, 0.29) is 18.8 Å². The molecule has 0 spiro atoms. The maximum absolute atomic E-state index is 13.8. The van der Waals surface area contributed by atoms with E-state index in [1.165, 1.54) is 122 Å². The van der Waals surface area contributed by atoms with Gasteiger partial charge in [0, 0.05) is 6.42 Å². The van der Waals surface area contributed by atoms with E-state index in [0.717, 1.165) is 77.0 Å². The van der Waals surface area contributed by atoms with Crippen LogP contribution >= 0.6 is 7.82 Å². The van der Waals surface area contributed by atoms with Crippen LogP contribution in [0.4, 0.5) is 0 Å². The lowest BCUT2D eigenvalue weighted by atomic mass is 9.91. The van der Waals surface area contributed by atoms with Gasteiger partial charge < -0.3 is 39.9 Å². The monoisotopic (exact) mass is 878 g/mol. The van der Waals surface area contributed by atoms with Gasteiger partial charge in [-0.3, -0.25) is 14.1 Å². The molecule has 13 heteroatoms. The average molecular weight is 878 g/mol. The van der Waals surface area contributed by atoms with Crippen LogP contribution in [-0.2, 0) is 28.2 Å². The maximum atomic E-state index is 13.8. The van der Waals surface area contributed by atoms with Crippen LogP contribution in [0.2, 0.25) is 0 Å². The van der Waals surface area contributed by atoms with Crippen molar-refractivity contribution in [2.75, 3.05) is 6.61 Å². The van der Waals surface area contributed by atoms with Gasteiger partial charge in [0.05, 0.1) is 19.1 Å². The Labute approximate surface area is 365 Å². The highest BCUT2D eigenvalue weighted by atomic mass is 31.2. The zero-order valence-electron chi connectivity index (χ0n) is 38.4. The Morgan fingerprint density at radius 1 is 0.600 bits per heavy atom. The number of phosphoric acid groups is 1. The van der Waals surface area contributed by atoms with Crippen LogP contribution in [-0.4, -0.2) is 80.3 Å². The predicted octanol–water partition coefficient (Wildman–Crippen LogP) is 10.9. The second-order valence-electron chi connectivity index (χ2n) is 17.8. The minimum Gasteiger partial charge on any atom is -0.457 e. The molecule has 1 aliphatic heterocycles. The third kappa shape index (κ3) is 30.1. The lowest BCUT2D eigenvalue weighted by molar-refractivity contribution is -0.256. The summed E-state index contributed by atoms with van der Waals surface area (Å²) in [4.78, 5) is 46.5. The van der Waals surface area contributed by atoms with Crippen LogP contribution in [0.1, 0.15) is 239 Å². The Morgan fingerprint density at radius 2 is 0.983 bits per heavy atom. The molecule has 1 heterocycles. The fourth-order valence-corrected chi connectivity index (χ4v) is 9.10. The van der Waals surface area contributed by atoms with Crippen molar-refractivity contribution in [2.24, 2.45) is 5.92 Å². The van der Waals surface area contributed by atoms with Crippen molar-refractivity contribution in [1.82, 2.24) is 5.32 Å². The summed E-state index contributed by atoms with van der Waals surface area (Å²) in [6.45, 7) is 5.86. The molecule has 0 bridgehead atoms. The van der Waals surface area contributed by atoms with Crippen LogP contribution in [0.25, 0.3) is 0 Å². The van der Waals surface area contributed by atoms with Crippen LogP contribution in [0, 0.1) is 5.92 Å². The van der Waals surface area contributed by atoms with Crippen LogP contribution < -0.4 is 5.32 Å². The van der Waals surface area contributed by atoms with Crippen molar-refractivity contribution < 1.29 is 53.3 Å². The number of hydrogen-bond donors (Lipinski definition) is 6. The van der Waals surface area contributed by atoms with Gasteiger partial charge in [0.15, 0.2) is 12.4 Å². The molecule has 60 heavy (non-hydrogen) atoms. The number of hydrogen-bond acceptors (Lipinski definition) is 9. The molecule has 2 unspecified atom stereocenters. The first kappa shape index (κ1) is 56.9. The highest BCUT2D eigenvalue weighted by Gasteiger charge is 2.51. The second kappa shape index (κ2) is 37.3. The van der Waals surface area contributed by atoms with Crippen LogP contribution in [0.3, 0.4) is 0 Å². The van der Waals surface area contributed by atoms with E-state index < -0.39 is 63.1 Å². The number of esters is 1. The quantitative estimate of drug-likeness (QED) is 0.0195. The van der Waals surface area contributed by atoms with E-state index in [1.807, 2.05) is 0 Å². The van der Waals surface area contributed by atoms with E-state index in [2.05, 4.69) is 26.1 Å². The van der Waals surface area contributed by atoms with Gasteiger partial charge in [0.2, 0.25) is 5.91 Å². The minimum absolute atomic E-state index is 0.0318. The molecular weight excluding hydrogens is 785 g/mol. The fraction of sp³-hybridized carbons (Fsp3) is 0.957. The van der Waals surface area contributed by atoms with Gasteiger partial charge in [-0.25, -0.2) is 4.57 Å². The summed E-state index contributed by atoms with van der Waals surface area (Å²) in [5, 5.41) is 34.3. The van der Waals surface area contributed by atoms with Crippen LogP contribution in [0.15, 0.2) is 0 Å². The molecule has 1 aliphatic rings. The Morgan fingerprint density at radius 3 is 1.37 bits per heavy atom. The van der Waals surface area contributed by atoms with Crippen molar-refractivity contribution in [1.29, 1.82) is 0 Å². The summed E-state index contributed by atoms with van der Waals surface area (Å²) in [6, 6.07) is -1.47. The summed E-state index contributed by atoms with van der Waals surface area (Å²) in [6.07, 6.45) is 28.7. The number of carbonyl (C=O) groups excluding carboxylic acids is 2. The summed E-state index contributed by atoms with van der Waals surface area (Å²) in [5.41, 5.74) is 0. The van der Waals surface area contributed by atoms with Gasteiger partial charge >= 0.3 is 13.8 Å². The molecule has 12 nitrogen and oxygen atoms in total. The van der Waals surface area contributed by atoms with Crippen molar-refractivity contribution in [3.8, 4) is 0 Å². The normalized spacial score (nSPS) is 20.1. The molecule has 6 N–H and O–H groups in total. The van der Waals surface area contributed by atoms with E-state index in [4.69, 9.17) is 14.0 Å². The molecule has 0 saturated carbocycles. The number of aliphatic hydroxyl groups is 3. The fourth-order valence-electron chi connectivity index (χ4n) is 8.52. The van der Waals surface area contributed by atoms with Gasteiger partial charge in [-0.05, 0) is 25.2 Å². The molecule has 0 aliphatic carbocycles. The SMILES string of the molecule is CCCCCCCCCCCCC(CCCCCCCCCCCC)CC(=O)O[C@H]1[C@H](OP(=O)(O)O)[C@@H](CO)OC(O)[C@@H]1NC(=O)CC(O)CCCCCCCCCCC. The summed E-state index contributed by atoms with van der Waals surface area (Å²) < 4.78 is 28.5. The van der Waals surface area contributed by atoms with Gasteiger partial charge in [-0.15, -0.1) is 0 Å². The molecule has 356 valence electrons. The highest BCUT2D eigenvalue weighted by molar-refractivity contribution is 7.46. The standard InChI is InChI=1S/C47H92NO11P/c1-4-7-10-13-16-19-22-24-27-30-33-39(34-31-28-25-23-20-17-14-11-8-5-2)36-43(52)58-46-44(47(53)57-41(38-49)45(46)59-60(54,55)56)48-42(51)37-40(50)35-32-29-26-21-18-15-12-9-6-3/h39-41,44-47,49-50,53H,4-38H2,1-3H3,(H,48,51)(H2,54,55,56)/t40?,41-,44-,45-,46-,47?/m1/s1. The number of phosphoric ester groups is 1. The molecule has 1 saturated heterocycles. The van der Waals surface area contributed by atoms with E-state index >= 15 is 0 Å². The molecule has 1 fully saturated rings. The van der Waals surface area contributed by atoms with Crippen molar-refractivity contribution in [2.45, 2.75) is 276 Å². The zero-order chi connectivity index (χ0) is 44.3. The topological polar surface area (TPSA) is 192 Å². The van der Waals surface area contributed by atoms with Crippen LogP contribution in [0.5, 0.6) is 0 Å². The number of carbonyl (C=O) groups is 2. The molecule has 0 aromatic carbocycles. The molecule has 1 rings (SSSR count). The molecule has 0 aromatic heterocycles. The number of nitrogens with one attached hydrogen (secondary N) is 1. The Bertz CT molecular complexity index is 1050. The first-order valence-electron chi connectivity index (χ1n) is 24.8. The van der Waals surface area contributed by atoms with E-state index in [0.29, 0.717) is 6.42 Å². The van der Waals surface area contributed by atoms with E-state index in [1.54, 1.807) is 0 Å². The van der Waals surface area contributed by atoms with Gasteiger partial charge in [0.1, 0.15) is 18.2 Å². The van der Waals surface area contributed by atoms with Gasteiger partial charge in [0.25, 0.3) is 0 Å². The highest BCUT2D eigenvalue weighted by Crippen LogP contribution is 2.42. The first-order valence-corrected chi connectivity index (χ1v) is 26.3. The number of amides is 1. The van der Waals surface area contributed by atoms with Crippen molar-refractivity contribution >= 4 is 19.7 Å². The Hall–Kier alpha value is -1.11. The van der Waals surface area contributed by atoms with Crippen molar-refractivity contribution in [3.63, 3.8) is 0 Å². The molecule has 6 atom stereocenters.